The van der Waals surface area contributed by atoms with E-state index in [-0.39, 0.29) is 17.3 Å². The molecule has 2 aliphatic heterocycles. The van der Waals surface area contributed by atoms with Crippen LogP contribution in [0.2, 0.25) is 0 Å². The average molecular weight is 473 g/mol. The molecule has 5 rings (SSSR count). The van der Waals surface area contributed by atoms with Crippen molar-refractivity contribution in [1.29, 1.82) is 0 Å². The second-order valence-electron chi connectivity index (χ2n) is 9.66. The van der Waals surface area contributed by atoms with Gasteiger partial charge in [0.1, 0.15) is 23.2 Å². The molecule has 2 saturated heterocycles. The predicted molar refractivity (Wildman–Crippen MR) is 124 cm³/mol. The normalized spacial score (nSPS) is 22.1. The van der Waals surface area contributed by atoms with Crippen LogP contribution in [0.25, 0.3) is 11.1 Å². The van der Waals surface area contributed by atoms with Crippen LogP contribution in [0.4, 0.5) is 19.4 Å². The number of halogens is 2. The van der Waals surface area contributed by atoms with Gasteiger partial charge in [-0.1, -0.05) is 0 Å². The third-order valence-corrected chi connectivity index (χ3v) is 7.47. The van der Waals surface area contributed by atoms with Gasteiger partial charge in [-0.25, -0.2) is 18.6 Å². The third-order valence-electron chi connectivity index (χ3n) is 7.47. The molecule has 34 heavy (non-hydrogen) atoms. The van der Waals surface area contributed by atoms with Gasteiger partial charge >= 0.3 is 6.09 Å². The van der Waals surface area contributed by atoms with Gasteiger partial charge in [0.15, 0.2) is 0 Å². The van der Waals surface area contributed by atoms with Gasteiger partial charge in [-0.3, -0.25) is 4.90 Å². The van der Waals surface area contributed by atoms with E-state index in [4.69, 9.17) is 4.74 Å². The van der Waals surface area contributed by atoms with Crippen LogP contribution in [-0.2, 0) is 4.74 Å². The molecule has 7 nitrogen and oxygen atoms in total. The number of rotatable bonds is 4. The number of ether oxygens (including phenoxy) is 1. The fourth-order valence-electron chi connectivity index (χ4n) is 5.80. The summed E-state index contributed by atoms with van der Waals surface area (Å²) in [5.41, 5.74) is 1.04. The number of aromatic hydroxyl groups is 1. The van der Waals surface area contributed by atoms with Crippen molar-refractivity contribution >= 4 is 11.9 Å². The van der Waals surface area contributed by atoms with Crippen molar-refractivity contribution in [3.05, 3.63) is 42.1 Å². The zero-order valence-corrected chi connectivity index (χ0v) is 19.3. The van der Waals surface area contributed by atoms with Crippen LogP contribution in [0, 0.1) is 17.0 Å². The average Bonchev–Trinajstić information content (AvgIpc) is 3.24. The molecule has 1 saturated carbocycles. The SMILES string of the molecule is CCOC(=O)N1CC2(CC[C@@H](N3CCN(c4ncc(F)cc4-c4ccc(F)cc4O)CC3)C2)C1. The van der Waals surface area contributed by atoms with Crippen molar-refractivity contribution in [2.24, 2.45) is 5.41 Å². The summed E-state index contributed by atoms with van der Waals surface area (Å²) >= 11 is 0. The number of anilines is 1. The first-order valence-electron chi connectivity index (χ1n) is 11.9. The van der Waals surface area contributed by atoms with E-state index in [1.54, 1.807) is 4.90 Å². The lowest BCUT2D eigenvalue weighted by Crippen LogP contribution is -2.58. The van der Waals surface area contributed by atoms with Crippen molar-refractivity contribution < 1.29 is 23.4 Å². The molecule has 1 amide bonds. The van der Waals surface area contributed by atoms with Crippen molar-refractivity contribution in [3.63, 3.8) is 0 Å². The summed E-state index contributed by atoms with van der Waals surface area (Å²) in [5, 5.41) is 10.3. The first kappa shape index (κ1) is 22.8. The molecule has 0 radical (unpaired) electrons. The number of phenolic OH excluding ortho intramolecular Hbond substituents is 1. The lowest BCUT2D eigenvalue weighted by molar-refractivity contribution is -0.00294. The number of hydrogen-bond acceptors (Lipinski definition) is 6. The zero-order valence-electron chi connectivity index (χ0n) is 19.3. The molecule has 182 valence electrons. The summed E-state index contributed by atoms with van der Waals surface area (Å²) in [7, 11) is 0. The first-order chi connectivity index (χ1) is 16.4. The van der Waals surface area contributed by atoms with Crippen LogP contribution in [0.15, 0.2) is 30.5 Å². The van der Waals surface area contributed by atoms with E-state index in [1.165, 1.54) is 24.4 Å². The highest BCUT2D eigenvalue weighted by Gasteiger charge is 2.51. The fraction of sp³-hybridized carbons (Fsp3) is 0.520. The van der Waals surface area contributed by atoms with Gasteiger partial charge in [-0.05, 0) is 44.4 Å². The highest BCUT2D eigenvalue weighted by Crippen LogP contribution is 2.47. The minimum absolute atomic E-state index is 0.208. The molecule has 3 aliphatic rings. The van der Waals surface area contributed by atoms with Gasteiger partial charge < -0.3 is 19.6 Å². The molecule has 1 atom stereocenters. The molecule has 0 bridgehead atoms. The largest absolute Gasteiger partial charge is 0.507 e. The third kappa shape index (κ3) is 4.29. The van der Waals surface area contributed by atoms with E-state index in [0.29, 0.717) is 29.6 Å². The van der Waals surface area contributed by atoms with Gasteiger partial charge in [0, 0.05) is 67.9 Å². The molecule has 1 spiro atoms. The maximum Gasteiger partial charge on any atom is 0.409 e. The second kappa shape index (κ2) is 9.02. The van der Waals surface area contributed by atoms with E-state index in [9.17, 15) is 18.7 Å². The Morgan fingerprint density at radius 2 is 1.91 bits per heavy atom. The maximum absolute atomic E-state index is 14.0. The minimum atomic E-state index is -0.549. The molecular formula is C25H30F2N4O3. The number of likely N-dealkylation sites (tertiary alicyclic amines) is 1. The van der Waals surface area contributed by atoms with Crippen LogP contribution >= 0.6 is 0 Å². The molecule has 1 aromatic carbocycles. The maximum atomic E-state index is 14.0. The number of aromatic nitrogens is 1. The van der Waals surface area contributed by atoms with Crippen LogP contribution in [0.3, 0.4) is 0 Å². The lowest BCUT2D eigenvalue weighted by Gasteiger charge is -2.48. The van der Waals surface area contributed by atoms with Crippen LogP contribution in [0.5, 0.6) is 5.75 Å². The van der Waals surface area contributed by atoms with E-state index in [1.807, 2.05) is 6.92 Å². The number of amides is 1. The Balaban J connectivity index is 1.23. The van der Waals surface area contributed by atoms with Crippen molar-refractivity contribution in [2.75, 3.05) is 50.8 Å². The summed E-state index contributed by atoms with van der Waals surface area (Å²) < 4.78 is 32.6. The van der Waals surface area contributed by atoms with Crippen LogP contribution in [-0.4, -0.2) is 77.9 Å². The summed E-state index contributed by atoms with van der Waals surface area (Å²) in [6.45, 7) is 6.97. The molecule has 9 heteroatoms. The van der Waals surface area contributed by atoms with Crippen molar-refractivity contribution in [1.82, 2.24) is 14.8 Å². The van der Waals surface area contributed by atoms with Gasteiger partial charge in [-0.15, -0.1) is 0 Å². The summed E-state index contributed by atoms with van der Waals surface area (Å²) in [6, 6.07) is 5.57. The first-order valence-corrected chi connectivity index (χ1v) is 11.9. The number of phenols is 1. The number of piperazine rings is 1. The smallest absolute Gasteiger partial charge is 0.409 e. The summed E-state index contributed by atoms with van der Waals surface area (Å²) in [4.78, 5) is 22.7. The summed E-state index contributed by atoms with van der Waals surface area (Å²) in [5.74, 6) is -0.697. The monoisotopic (exact) mass is 472 g/mol. The highest BCUT2D eigenvalue weighted by atomic mass is 19.1. The standard InChI is InChI=1S/C25H30F2N4O3/c1-2-34-24(33)31-15-25(16-31)6-5-19(13-25)29-7-9-30(10-8-29)23-21(11-18(27)14-28-23)20-4-3-17(26)12-22(20)32/h3-4,11-12,14,19,32H,2,5-10,13,15-16H2,1H3/t19-/m1/s1. The highest BCUT2D eigenvalue weighted by molar-refractivity contribution is 5.80. The molecule has 3 fully saturated rings. The van der Waals surface area contributed by atoms with Crippen molar-refractivity contribution in [3.8, 4) is 16.9 Å². The zero-order chi connectivity index (χ0) is 23.9. The fourth-order valence-corrected chi connectivity index (χ4v) is 5.80. The Bertz CT molecular complexity index is 1070. The number of carbonyl (C=O) groups is 1. The molecule has 1 aliphatic carbocycles. The van der Waals surface area contributed by atoms with E-state index < -0.39 is 11.6 Å². The minimum Gasteiger partial charge on any atom is -0.507 e. The molecule has 0 unspecified atom stereocenters. The van der Waals surface area contributed by atoms with Crippen molar-refractivity contribution in [2.45, 2.75) is 32.2 Å². The number of benzene rings is 1. The number of hydrogen-bond donors (Lipinski definition) is 1. The Hall–Kier alpha value is -2.94. The Morgan fingerprint density at radius 3 is 2.62 bits per heavy atom. The number of nitrogens with zero attached hydrogens (tertiary/aromatic N) is 4. The van der Waals surface area contributed by atoms with E-state index in [2.05, 4.69) is 14.8 Å². The Labute approximate surface area is 197 Å². The summed E-state index contributed by atoms with van der Waals surface area (Å²) in [6.07, 6.45) is 4.31. The van der Waals surface area contributed by atoms with E-state index >= 15 is 0 Å². The Kier molecular flexibility index (Phi) is 6.06. The molecule has 2 aromatic rings. The molecule has 3 heterocycles. The quantitative estimate of drug-likeness (QED) is 0.729. The second-order valence-corrected chi connectivity index (χ2v) is 9.66. The molecule has 1 N–H and O–H groups in total. The molecule has 1 aromatic heterocycles. The number of pyridine rings is 1. The van der Waals surface area contributed by atoms with Gasteiger partial charge in [0.2, 0.25) is 0 Å². The Morgan fingerprint density at radius 1 is 1.15 bits per heavy atom. The van der Waals surface area contributed by atoms with Gasteiger partial charge in [-0.2, -0.15) is 0 Å². The topological polar surface area (TPSA) is 69.1 Å². The van der Waals surface area contributed by atoms with Crippen LogP contribution < -0.4 is 4.90 Å². The lowest BCUT2D eigenvalue weighted by atomic mass is 9.78. The van der Waals surface area contributed by atoms with Crippen LogP contribution in [0.1, 0.15) is 26.2 Å². The predicted octanol–water partition coefficient (Wildman–Crippen LogP) is 3.87. The van der Waals surface area contributed by atoms with E-state index in [0.717, 1.165) is 64.6 Å². The van der Waals surface area contributed by atoms with Gasteiger partial charge in [0.25, 0.3) is 0 Å². The number of carbonyl (C=O) groups excluding carboxylic acids is 1. The van der Waals surface area contributed by atoms with Gasteiger partial charge in [0.05, 0.1) is 12.8 Å². The molecular weight excluding hydrogens is 442 g/mol.